The molecule has 0 aromatic heterocycles. The molecule has 0 aliphatic heterocycles. The van der Waals surface area contributed by atoms with Crippen molar-refractivity contribution < 1.29 is 19.4 Å². The Labute approximate surface area is 118 Å². The third-order valence-corrected chi connectivity index (χ3v) is 2.84. The van der Waals surface area contributed by atoms with Crippen LogP contribution in [0.1, 0.15) is 42.6 Å². The van der Waals surface area contributed by atoms with Crippen LogP contribution in [-0.2, 0) is 16.1 Å². The monoisotopic (exact) mass is 279 g/mol. The quantitative estimate of drug-likeness (QED) is 0.744. The third kappa shape index (κ3) is 5.40. The van der Waals surface area contributed by atoms with Crippen molar-refractivity contribution in [2.75, 3.05) is 6.61 Å². The highest BCUT2D eigenvalue weighted by Crippen LogP contribution is 2.06. The van der Waals surface area contributed by atoms with Crippen LogP contribution in [0, 0.1) is 0 Å². The Morgan fingerprint density at radius 1 is 1.30 bits per heavy atom. The molecule has 1 aromatic carbocycles. The van der Waals surface area contributed by atoms with Gasteiger partial charge in [-0.2, -0.15) is 0 Å². The Morgan fingerprint density at radius 3 is 2.50 bits per heavy atom. The lowest BCUT2D eigenvalue weighted by molar-refractivity contribution is -0.124. The molecule has 0 saturated heterocycles. The number of hydrogen-bond donors (Lipinski definition) is 2. The summed E-state index contributed by atoms with van der Waals surface area (Å²) in [7, 11) is 0. The zero-order valence-electron chi connectivity index (χ0n) is 11.9. The lowest BCUT2D eigenvalue weighted by Crippen LogP contribution is -2.35. The van der Waals surface area contributed by atoms with Crippen molar-refractivity contribution in [3.05, 3.63) is 35.4 Å². The normalized spacial score (nSPS) is 11.8. The van der Waals surface area contributed by atoms with Crippen LogP contribution in [-0.4, -0.2) is 29.6 Å². The molecular weight excluding hydrogens is 258 g/mol. The second-order valence-electron chi connectivity index (χ2n) is 4.69. The average molecular weight is 279 g/mol. The first-order chi connectivity index (χ1) is 9.56. The molecule has 20 heavy (non-hydrogen) atoms. The first-order valence-electron chi connectivity index (χ1n) is 6.73. The molecule has 0 saturated carbocycles. The van der Waals surface area contributed by atoms with Gasteiger partial charge in [0, 0.05) is 6.04 Å². The number of ether oxygens (including phenoxy) is 1. The predicted molar refractivity (Wildman–Crippen MR) is 75.2 cm³/mol. The highest BCUT2D eigenvalue weighted by Gasteiger charge is 2.11. The Bertz CT molecular complexity index is 442. The van der Waals surface area contributed by atoms with Gasteiger partial charge in [0.05, 0.1) is 12.2 Å². The van der Waals surface area contributed by atoms with Gasteiger partial charge in [0.2, 0.25) is 0 Å². The van der Waals surface area contributed by atoms with E-state index in [4.69, 9.17) is 9.84 Å². The second kappa shape index (κ2) is 8.32. The molecule has 0 heterocycles. The highest BCUT2D eigenvalue weighted by molar-refractivity contribution is 5.91. The first kappa shape index (κ1) is 16.2. The van der Waals surface area contributed by atoms with Crippen LogP contribution in [0.15, 0.2) is 24.3 Å². The molecule has 5 nitrogen and oxygen atoms in total. The molecule has 1 atom stereocenters. The van der Waals surface area contributed by atoms with E-state index in [-0.39, 0.29) is 25.2 Å². The summed E-state index contributed by atoms with van der Waals surface area (Å²) >= 11 is 0. The number of hydrogen-bond acceptors (Lipinski definition) is 4. The van der Waals surface area contributed by atoms with Gasteiger partial charge in [0.1, 0.15) is 0 Å². The fourth-order valence-corrected chi connectivity index (χ4v) is 1.78. The van der Waals surface area contributed by atoms with E-state index in [1.165, 1.54) is 0 Å². The van der Waals surface area contributed by atoms with Gasteiger partial charge < -0.3 is 15.2 Å². The van der Waals surface area contributed by atoms with Crippen LogP contribution >= 0.6 is 0 Å². The van der Waals surface area contributed by atoms with E-state index < -0.39 is 5.97 Å². The van der Waals surface area contributed by atoms with Crippen LogP contribution in [0.2, 0.25) is 0 Å². The molecule has 110 valence electrons. The van der Waals surface area contributed by atoms with Crippen LogP contribution in [0.25, 0.3) is 0 Å². The van der Waals surface area contributed by atoms with Gasteiger partial charge in [-0.25, -0.2) is 4.79 Å². The van der Waals surface area contributed by atoms with Gasteiger partial charge in [-0.05, 0) is 31.0 Å². The minimum Gasteiger partial charge on any atom is -0.452 e. The number of nitrogens with one attached hydrogen (secondary N) is 1. The fourth-order valence-electron chi connectivity index (χ4n) is 1.78. The first-order valence-corrected chi connectivity index (χ1v) is 6.73. The maximum absolute atomic E-state index is 11.7. The highest BCUT2D eigenvalue weighted by atomic mass is 16.5. The summed E-state index contributed by atoms with van der Waals surface area (Å²) in [5.74, 6) is -0.848. The zero-order chi connectivity index (χ0) is 15.0. The van der Waals surface area contributed by atoms with Gasteiger partial charge in [-0.15, -0.1) is 0 Å². The molecule has 1 aromatic rings. The largest absolute Gasteiger partial charge is 0.452 e. The molecule has 5 heteroatoms. The topological polar surface area (TPSA) is 75.6 Å². The van der Waals surface area contributed by atoms with E-state index in [0.717, 1.165) is 12.8 Å². The summed E-state index contributed by atoms with van der Waals surface area (Å²) < 4.78 is 4.93. The molecule has 1 amide bonds. The third-order valence-electron chi connectivity index (χ3n) is 2.84. The van der Waals surface area contributed by atoms with E-state index >= 15 is 0 Å². The number of esters is 1. The van der Waals surface area contributed by atoms with E-state index in [1.807, 2.05) is 13.8 Å². The molecule has 0 fully saturated rings. The predicted octanol–water partition coefficient (Wildman–Crippen LogP) is 1.64. The Kier molecular flexibility index (Phi) is 6.73. The Hall–Kier alpha value is -1.88. The number of aliphatic hydroxyl groups excluding tert-OH is 1. The SMILES string of the molecule is CCC[C@H](C)NC(=O)COC(=O)c1ccc(CO)cc1. The number of rotatable bonds is 7. The molecule has 2 N–H and O–H groups in total. The van der Waals surface area contributed by atoms with Crippen molar-refractivity contribution in [1.29, 1.82) is 0 Å². The lowest BCUT2D eigenvalue weighted by atomic mass is 10.1. The minimum atomic E-state index is -0.548. The zero-order valence-corrected chi connectivity index (χ0v) is 11.9. The molecule has 0 unspecified atom stereocenters. The van der Waals surface area contributed by atoms with Crippen molar-refractivity contribution in [3.8, 4) is 0 Å². The standard InChI is InChI=1S/C15H21NO4/c1-3-4-11(2)16-14(18)10-20-15(19)13-7-5-12(9-17)6-8-13/h5-8,11,17H,3-4,9-10H2,1-2H3,(H,16,18)/t11-/m0/s1. The van der Waals surface area contributed by atoms with Crippen molar-refractivity contribution in [2.24, 2.45) is 0 Å². The molecule has 1 rings (SSSR count). The summed E-state index contributed by atoms with van der Waals surface area (Å²) in [6.07, 6.45) is 1.88. The Morgan fingerprint density at radius 2 is 1.95 bits per heavy atom. The summed E-state index contributed by atoms with van der Waals surface area (Å²) in [6, 6.07) is 6.48. The van der Waals surface area contributed by atoms with Gasteiger partial charge in [-0.3, -0.25) is 4.79 Å². The maximum atomic E-state index is 11.7. The molecule has 0 radical (unpaired) electrons. The minimum absolute atomic E-state index is 0.0763. The summed E-state index contributed by atoms with van der Waals surface area (Å²) in [5, 5.41) is 11.7. The maximum Gasteiger partial charge on any atom is 0.338 e. The fraction of sp³-hybridized carbons (Fsp3) is 0.467. The van der Waals surface area contributed by atoms with Crippen LogP contribution in [0.5, 0.6) is 0 Å². The summed E-state index contributed by atoms with van der Waals surface area (Å²) in [5.41, 5.74) is 1.07. The van der Waals surface area contributed by atoms with Crippen molar-refractivity contribution in [1.82, 2.24) is 5.32 Å². The molecule has 0 spiro atoms. The van der Waals surface area contributed by atoms with Gasteiger partial charge in [0.25, 0.3) is 5.91 Å². The van der Waals surface area contributed by atoms with Gasteiger partial charge in [0.15, 0.2) is 6.61 Å². The summed E-state index contributed by atoms with van der Waals surface area (Å²) in [6.45, 7) is 3.59. The van der Waals surface area contributed by atoms with E-state index in [1.54, 1.807) is 24.3 Å². The van der Waals surface area contributed by atoms with E-state index in [2.05, 4.69) is 5.32 Å². The average Bonchev–Trinajstić information content (AvgIpc) is 2.45. The van der Waals surface area contributed by atoms with Crippen LogP contribution in [0.3, 0.4) is 0 Å². The van der Waals surface area contributed by atoms with Gasteiger partial charge in [-0.1, -0.05) is 25.5 Å². The number of carbonyl (C=O) groups excluding carboxylic acids is 2. The van der Waals surface area contributed by atoms with Gasteiger partial charge >= 0.3 is 5.97 Å². The molecule has 0 aliphatic rings. The van der Waals surface area contributed by atoms with Crippen molar-refractivity contribution in [3.63, 3.8) is 0 Å². The lowest BCUT2D eigenvalue weighted by Gasteiger charge is -2.12. The Balaban J connectivity index is 2.40. The van der Waals surface area contributed by atoms with Crippen molar-refractivity contribution in [2.45, 2.75) is 39.3 Å². The second-order valence-corrected chi connectivity index (χ2v) is 4.69. The smallest absolute Gasteiger partial charge is 0.338 e. The van der Waals surface area contributed by atoms with E-state index in [9.17, 15) is 9.59 Å². The molecule has 0 bridgehead atoms. The molecular formula is C15H21NO4. The molecule has 0 aliphatic carbocycles. The van der Waals surface area contributed by atoms with Crippen LogP contribution in [0.4, 0.5) is 0 Å². The summed E-state index contributed by atoms with van der Waals surface area (Å²) in [4.78, 5) is 23.2. The van der Waals surface area contributed by atoms with Crippen molar-refractivity contribution >= 4 is 11.9 Å². The van der Waals surface area contributed by atoms with E-state index in [0.29, 0.717) is 11.1 Å². The number of carbonyl (C=O) groups is 2. The number of amides is 1. The number of aliphatic hydroxyl groups is 1. The number of benzene rings is 1. The van der Waals surface area contributed by atoms with Crippen LogP contribution < -0.4 is 5.32 Å².